The highest BCUT2D eigenvalue weighted by atomic mass is 15.1. The van der Waals surface area contributed by atoms with Gasteiger partial charge in [-0.05, 0) is 44.9 Å². The van der Waals surface area contributed by atoms with Gasteiger partial charge in [-0.3, -0.25) is 0 Å². The lowest BCUT2D eigenvalue weighted by Gasteiger charge is -2.22. The number of hydrogen-bond acceptors (Lipinski definition) is 2. The molecule has 1 aliphatic carbocycles. The number of fused-ring (bicyclic) bond motifs is 1. The highest BCUT2D eigenvalue weighted by Gasteiger charge is 2.20. The fraction of sp³-hybridized carbons (Fsp3) is 0.600. The third-order valence-corrected chi connectivity index (χ3v) is 3.87. The third-order valence-electron chi connectivity index (χ3n) is 3.87. The standard InChI is InChI=1S/C15H24N2/c1-12(2)17(3)11-10-16-15-9-8-13-6-4-5-7-14(13)15/h4-7,12,15-16H,8-11H2,1-3H3. The van der Waals surface area contributed by atoms with Crippen LogP contribution in [0.2, 0.25) is 0 Å². The highest BCUT2D eigenvalue weighted by molar-refractivity contribution is 5.34. The summed E-state index contributed by atoms with van der Waals surface area (Å²) in [5.74, 6) is 0. The first-order valence-corrected chi connectivity index (χ1v) is 6.70. The number of benzene rings is 1. The van der Waals surface area contributed by atoms with E-state index in [0.717, 1.165) is 13.1 Å². The summed E-state index contributed by atoms with van der Waals surface area (Å²) in [5, 5.41) is 3.68. The van der Waals surface area contributed by atoms with Crippen molar-refractivity contribution in [2.45, 2.75) is 38.8 Å². The summed E-state index contributed by atoms with van der Waals surface area (Å²) < 4.78 is 0. The minimum Gasteiger partial charge on any atom is -0.309 e. The van der Waals surface area contributed by atoms with Gasteiger partial charge in [0.2, 0.25) is 0 Å². The Morgan fingerprint density at radius 3 is 2.88 bits per heavy atom. The summed E-state index contributed by atoms with van der Waals surface area (Å²) in [6.07, 6.45) is 2.48. The van der Waals surface area contributed by atoms with E-state index in [0.29, 0.717) is 12.1 Å². The maximum atomic E-state index is 3.68. The van der Waals surface area contributed by atoms with E-state index >= 15 is 0 Å². The molecule has 0 bridgehead atoms. The van der Waals surface area contributed by atoms with E-state index in [4.69, 9.17) is 0 Å². The number of nitrogens with one attached hydrogen (secondary N) is 1. The second kappa shape index (κ2) is 5.65. The molecule has 1 aromatic rings. The van der Waals surface area contributed by atoms with Crippen molar-refractivity contribution >= 4 is 0 Å². The molecule has 2 nitrogen and oxygen atoms in total. The zero-order chi connectivity index (χ0) is 12.3. The van der Waals surface area contributed by atoms with Crippen LogP contribution in [0.15, 0.2) is 24.3 Å². The molecule has 1 atom stereocenters. The van der Waals surface area contributed by atoms with Gasteiger partial charge in [-0.1, -0.05) is 24.3 Å². The smallest absolute Gasteiger partial charge is 0.0326 e. The molecule has 94 valence electrons. The second-order valence-electron chi connectivity index (χ2n) is 5.32. The zero-order valence-corrected chi connectivity index (χ0v) is 11.2. The monoisotopic (exact) mass is 232 g/mol. The van der Waals surface area contributed by atoms with Crippen LogP contribution in [-0.4, -0.2) is 31.1 Å². The number of nitrogens with zero attached hydrogens (tertiary/aromatic N) is 1. The molecule has 0 saturated heterocycles. The van der Waals surface area contributed by atoms with Crippen molar-refractivity contribution in [3.05, 3.63) is 35.4 Å². The third kappa shape index (κ3) is 3.08. The topological polar surface area (TPSA) is 15.3 Å². The Hall–Kier alpha value is -0.860. The Labute approximate surface area is 105 Å². The fourth-order valence-electron chi connectivity index (χ4n) is 2.44. The number of hydrogen-bond donors (Lipinski definition) is 1. The molecule has 0 amide bonds. The second-order valence-corrected chi connectivity index (χ2v) is 5.32. The minimum absolute atomic E-state index is 0.576. The summed E-state index contributed by atoms with van der Waals surface area (Å²) in [4.78, 5) is 2.38. The molecule has 1 N–H and O–H groups in total. The van der Waals surface area contributed by atoms with Crippen LogP contribution >= 0.6 is 0 Å². The molecule has 2 rings (SSSR count). The Balaban J connectivity index is 1.82. The van der Waals surface area contributed by atoms with E-state index in [1.54, 1.807) is 0 Å². The molecule has 0 radical (unpaired) electrons. The van der Waals surface area contributed by atoms with Crippen LogP contribution in [0.5, 0.6) is 0 Å². The average molecular weight is 232 g/mol. The van der Waals surface area contributed by atoms with Crippen molar-refractivity contribution in [3.8, 4) is 0 Å². The van der Waals surface area contributed by atoms with Crippen LogP contribution in [0, 0.1) is 0 Å². The fourth-order valence-corrected chi connectivity index (χ4v) is 2.44. The molecule has 0 spiro atoms. The Morgan fingerprint density at radius 1 is 1.35 bits per heavy atom. The predicted molar refractivity (Wildman–Crippen MR) is 73.3 cm³/mol. The first-order valence-electron chi connectivity index (χ1n) is 6.70. The molecule has 1 aliphatic rings. The first-order chi connectivity index (χ1) is 8.18. The molecule has 0 fully saturated rings. The highest BCUT2D eigenvalue weighted by Crippen LogP contribution is 2.30. The Bertz CT molecular complexity index is 360. The number of likely N-dealkylation sites (N-methyl/N-ethyl adjacent to an activating group) is 1. The lowest BCUT2D eigenvalue weighted by Crippen LogP contribution is -2.34. The normalized spacial score (nSPS) is 19.0. The molecule has 0 heterocycles. The van der Waals surface area contributed by atoms with E-state index in [-0.39, 0.29) is 0 Å². The summed E-state index contributed by atoms with van der Waals surface area (Å²) in [6.45, 7) is 6.68. The van der Waals surface area contributed by atoms with Gasteiger partial charge >= 0.3 is 0 Å². The van der Waals surface area contributed by atoms with Gasteiger partial charge < -0.3 is 10.2 Å². The van der Waals surface area contributed by atoms with Gasteiger partial charge in [-0.25, -0.2) is 0 Å². The van der Waals surface area contributed by atoms with Crippen molar-refractivity contribution in [1.29, 1.82) is 0 Å². The van der Waals surface area contributed by atoms with E-state index in [9.17, 15) is 0 Å². The maximum absolute atomic E-state index is 3.68. The SMILES string of the molecule is CC(C)N(C)CCNC1CCc2ccccc21. The van der Waals surface area contributed by atoms with Gasteiger partial charge in [0.1, 0.15) is 0 Å². The summed E-state index contributed by atoms with van der Waals surface area (Å²) in [6, 6.07) is 10.0. The Kier molecular flexibility index (Phi) is 4.19. The molecule has 1 unspecified atom stereocenters. The maximum Gasteiger partial charge on any atom is 0.0326 e. The molecular formula is C15H24N2. The van der Waals surface area contributed by atoms with Crippen LogP contribution in [0.3, 0.4) is 0 Å². The van der Waals surface area contributed by atoms with Gasteiger partial charge in [-0.15, -0.1) is 0 Å². The van der Waals surface area contributed by atoms with Gasteiger partial charge in [0.25, 0.3) is 0 Å². The molecular weight excluding hydrogens is 208 g/mol. The van der Waals surface area contributed by atoms with Crippen molar-refractivity contribution in [3.63, 3.8) is 0 Å². The molecule has 0 saturated carbocycles. The lowest BCUT2D eigenvalue weighted by molar-refractivity contribution is 0.269. The van der Waals surface area contributed by atoms with Crippen molar-refractivity contribution in [2.24, 2.45) is 0 Å². The Morgan fingerprint density at radius 2 is 2.12 bits per heavy atom. The lowest BCUT2D eigenvalue weighted by atomic mass is 10.1. The number of aryl methyl sites for hydroxylation is 1. The van der Waals surface area contributed by atoms with Crippen LogP contribution in [-0.2, 0) is 6.42 Å². The van der Waals surface area contributed by atoms with Crippen LogP contribution in [0.4, 0.5) is 0 Å². The first kappa shape index (κ1) is 12.6. The van der Waals surface area contributed by atoms with Gasteiger partial charge in [-0.2, -0.15) is 0 Å². The van der Waals surface area contributed by atoms with E-state index in [1.165, 1.54) is 24.0 Å². The van der Waals surface area contributed by atoms with E-state index < -0.39 is 0 Å². The van der Waals surface area contributed by atoms with E-state index in [1.807, 2.05) is 0 Å². The largest absolute Gasteiger partial charge is 0.309 e. The summed E-state index contributed by atoms with van der Waals surface area (Å²) in [7, 11) is 2.19. The summed E-state index contributed by atoms with van der Waals surface area (Å²) >= 11 is 0. The van der Waals surface area contributed by atoms with Crippen LogP contribution in [0.1, 0.15) is 37.4 Å². The van der Waals surface area contributed by atoms with Crippen molar-refractivity contribution in [1.82, 2.24) is 10.2 Å². The van der Waals surface area contributed by atoms with Gasteiger partial charge in [0.15, 0.2) is 0 Å². The molecule has 0 aromatic heterocycles. The predicted octanol–water partition coefficient (Wildman–Crippen LogP) is 2.60. The zero-order valence-electron chi connectivity index (χ0n) is 11.2. The summed E-state index contributed by atoms with van der Waals surface area (Å²) in [5.41, 5.74) is 3.04. The van der Waals surface area contributed by atoms with Crippen LogP contribution < -0.4 is 5.32 Å². The van der Waals surface area contributed by atoms with Crippen molar-refractivity contribution in [2.75, 3.05) is 20.1 Å². The minimum atomic E-state index is 0.576. The van der Waals surface area contributed by atoms with Crippen molar-refractivity contribution < 1.29 is 0 Å². The van der Waals surface area contributed by atoms with E-state index in [2.05, 4.69) is 55.4 Å². The molecule has 17 heavy (non-hydrogen) atoms. The molecule has 0 aliphatic heterocycles. The van der Waals surface area contributed by atoms with Gasteiger partial charge in [0.05, 0.1) is 0 Å². The van der Waals surface area contributed by atoms with Crippen LogP contribution in [0.25, 0.3) is 0 Å². The number of rotatable bonds is 5. The van der Waals surface area contributed by atoms with Gasteiger partial charge in [0, 0.05) is 25.2 Å². The molecule has 1 aromatic carbocycles. The molecule has 2 heteroatoms. The average Bonchev–Trinajstić information content (AvgIpc) is 2.72. The quantitative estimate of drug-likeness (QED) is 0.839.